The fourth-order valence-electron chi connectivity index (χ4n) is 1.80. The molecule has 0 fully saturated rings. The molecule has 0 saturated heterocycles. The summed E-state index contributed by atoms with van der Waals surface area (Å²) in [6, 6.07) is 1.94. The van der Waals surface area contributed by atoms with Crippen LogP contribution in [0.2, 0.25) is 5.15 Å². The summed E-state index contributed by atoms with van der Waals surface area (Å²) in [5.74, 6) is 0.716. The van der Waals surface area contributed by atoms with Gasteiger partial charge in [0.1, 0.15) is 9.98 Å². The lowest BCUT2D eigenvalue weighted by atomic mass is 10.0. The first-order valence-corrected chi connectivity index (χ1v) is 6.56. The highest BCUT2D eigenvalue weighted by Crippen LogP contribution is 2.29. The number of hydrogen-bond donors (Lipinski definition) is 1. The molecule has 0 bridgehead atoms. The molecule has 0 spiro atoms. The van der Waals surface area contributed by atoms with Crippen LogP contribution in [0.15, 0.2) is 29.3 Å². The topological polar surface area (TPSA) is 51.8 Å². The van der Waals surface area contributed by atoms with E-state index in [1.54, 1.807) is 11.3 Å². The van der Waals surface area contributed by atoms with E-state index in [4.69, 9.17) is 17.3 Å². The van der Waals surface area contributed by atoms with Gasteiger partial charge < -0.3 is 5.73 Å². The number of allylic oxidation sites excluding steroid dienone is 4. The number of nitrogens with zero attached hydrogens (tertiary/aromatic N) is 2. The van der Waals surface area contributed by atoms with Crippen molar-refractivity contribution in [2.24, 2.45) is 5.73 Å². The van der Waals surface area contributed by atoms with Crippen LogP contribution in [0.4, 0.5) is 0 Å². The lowest BCUT2D eigenvalue weighted by molar-refractivity contribution is 0.942. The van der Waals surface area contributed by atoms with Gasteiger partial charge in [-0.05, 0) is 35.9 Å². The monoisotopic (exact) mass is 263 g/mol. The third kappa shape index (κ3) is 1.94. The van der Waals surface area contributed by atoms with E-state index < -0.39 is 0 Å². The van der Waals surface area contributed by atoms with Gasteiger partial charge in [0.15, 0.2) is 5.82 Å². The highest BCUT2D eigenvalue weighted by molar-refractivity contribution is 7.16. The number of aromatic nitrogens is 2. The Morgan fingerprint density at radius 2 is 2.12 bits per heavy atom. The van der Waals surface area contributed by atoms with Crippen molar-refractivity contribution in [1.29, 1.82) is 0 Å². The largest absolute Gasteiger partial charge is 0.402 e. The minimum Gasteiger partial charge on any atom is -0.402 e. The summed E-state index contributed by atoms with van der Waals surface area (Å²) in [6.45, 7) is 0. The lowest BCUT2D eigenvalue weighted by Crippen LogP contribution is -2.03. The van der Waals surface area contributed by atoms with Crippen LogP contribution < -0.4 is 5.73 Å². The van der Waals surface area contributed by atoms with Gasteiger partial charge in [0.2, 0.25) is 0 Å². The van der Waals surface area contributed by atoms with Gasteiger partial charge in [-0.3, -0.25) is 0 Å². The highest BCUT2D eigenvalue weighted by atomic mass is 35.5. The summed E-state index contributed by atoms with van der Waals surface area (Å²) in [7, 11) is 0. The predicted molar refractivity (Wildman–Crippen MR) is 71.9 cm³/mol. The Kier molecular flexibility index (Phi) is 2.61. The van der Waals surface area contributed by atoms with Gasteiger partial charge in [0.25, 0.3) is 0 Å². The molecule has 0 radical (unpaired) electrons. The van der Waals surface area contributed by atoms with Gasteiger partial charge in [0, 0.05) is 11.1 Å². The summed E-state index contributed by atoms with van der Waals surface area (Å²) < 4.78 is 0. The summed E-state index contributed by atoms with van der Waals surface area (Å²) in [4.78, 5) is 9.81. The molecule has 1 aliphatic carbocycles. The van der Waals surface area contributed by atoms with Crippen LogP contribution >= 0.6 is 22.9 Å². The van der Waals surface area contributed by atoms with Gasteiger partial charge in [-0.15, -0.1) is 11.3 Å². The molecule has 0 atom stereocenters. The first-order valence-electron chi connectivity index (χ1n) is 5.30. The summed E-state index contributed by atoms with van der Waals surface area (Å²) in [5.41, 5.74) is 7.72. The molecule has 2 N–H and O–H groups in total. The van der Waals surface area contributed by atoms with E-state index in [1.807, 2.05) is 23.6 Å². The fourth-order valence-corrected chi connectivity index (χ4v) is 2.85. The van der Waals surface area contributed by atoms with Crippen molar-refractivity contribution < 1.29 is 0 Å². The Hall–Kier alpha value is -1.39. The molecular weight excluding hydrogens is 254 g/mol. The maximum Gasteiger partial charge on any atom is 0.158 e. The molecule has 0 aliphatic heterocycles. The van der Waals surface area contributed by atoms with Crippen molar-refractivity contribution in [3.8, 4) is 0 Å². The average molecular weight is 264 g/mol. The molecule has 5 heteroatoms. The first kappa shape index (κ1) is 10.7. The van der Waals surface area contributed by atoms with Crippen LogP contribution in [0.3, 0.4) is 0 Å². The summed E-state index contributed by atoms with van der Waals surface area (Å²) >= 11 is 7.72. The third-order valence-electron chi connectivity index (χ3n) is 2.75. The highest BCUT2D eigenvalue weighted by Gasteiger charge is 2.12. The normalized spacial score (nSPS) is 15.8. The smallest absolute Gasteiger partial charge is 0.158 e. The van der Waals surface area contributed by atoms with E-state index in [1.165, 1.54) is 0 Å². The molecule has 0 aromatic carbocycles. The standard InChI is InChI=1S/C12H10ClN3S/c13-10-9-5-6-17-12(9)16-11(15-10)7-1-3-8(14)4-2-7/h1,3,5-6H,2,4,14H2. The van der Waals surface area contributed by atoms with Crippen LogP contribution in [0.25, 0.3) is 15.8 Å². The molecule has 0 unspecified atom stereocenters. The molecule has 86 valence electrons. The molecule has 1 aliphatic rings. The second kappa shape index (κ2) is 4.13. The zero-order chi connectivity index (χ0) is 11.8. The Labute approximate surface area is 108 Å². The maximum absolute atomic E-state index is 6.14. The van der Waals surface area contributed by atoms with E-state index in [2.05, 4.69) is 9.97 Å². The second-order valence-corrected chi connectivity index (χ2v) is 5.16. The van der Waals surface area contributed by atoms with Crippen molar-refractivity contribution in [2.45, 2.75) is 12.8 Å². The van der Waals surface area contributed by atoms with Gasteiger partial charge in [-0.2, -0.15) is 0 Å². The fraction of sp³-hybridized carbons (Fsp3) is 0.167. The zero-order valence-corrected chi connectivity index (χ0v) is 10.6. The Balaban J connectivity index is 2.12. The number of fused-ring (bicyclic) bond motifs is 1. The van der Waals surface area contributed by atoms with Crippen LogP contribution in [0, 0.1) is 0 Å². The molecule has 0 saturated carbocycles. The van der Waals surface area contributed by atoms with E-state index in [0.717, 1.165) is 34.3 Å². The van der Waals surface area contributed by atoms with Crippen molar-refractivity contribution in [3.05, 3.63) is 40.3 Å². The minimum atomic E-state index is 0.523. The van der Waals surface area contributed by atoms with Gasteiger partial charge >= 0.3 is 0 Å². The van der Waals surface area contributed by atoms with Crippen molar-refractivity contribution in [3.63, 3.8) is 0 Å². The Bertz CT molecular complexity index is 642. The quantitative estimate of drug-likeness (QED) is 0.803. The van der Waals surface area contributed by atoms with E-state index in [9.17, 15) is 0 Å². The number of rotatable bonds is 1. The Morgan fingerprint density at radius 1 is 1.24 bits per heavy atom. The second-order valence-electron chi connectivity index (χ2n) is 3.91. The van der Waals surface area contributed by atoms with E-state index in [0.29, 0.717) is 11.0 Å². The summed E-state index contributed by atoms with van der Waals surface area (Å²) in [5, 5.41) is 3.42. The maximum atomic E-state index is 6.14. The number of nitrogens with two attached hydrogens (primary N) is 1. The van der Waals surface area contributed by atoms with Gasteiger partial charge in [-0.25, -0.2) is 9.97 Å². The molecule has 2 heterocycles. The number of hydrogen-bond acceptors (Lipinski definition) is 4. The zero-order valence-electron chi connectivity index (χ0n) is 8.98. The predicted octanol–water partition coefficient (Wildman–Crippen LogP) is 3.36. The van der Waals surface area contributed by atoms with Gasteiger partial charge in [-0.1, -0.05) is 17.7 Å². The molecule has 3 nitrogen and oxygen atoms in total. The SMILES string of the molecule is NC1=CC=C(c2nc(Cl)c3ccsc3n2)CC1. The van der Waals surface area contributed by atoms with E-state index in [-0.39, 0.29) is 0 Å². The summed E-state index contributed by atoms with van der Waals surface area (Å²) in [6.07, 6.45) is 5.61. The van der Waals surface area contributed by atoms with Crippen molar-refractivity contribution in [1.82, 2.24) is 9.97 Å². The van der Waals surface area contributed by atoms with Crippen molar-refractivity contribution >= 4 is 38.7 Å². The first-order chi connectivity index (χ1) is 8.24. The van der Waals surface area contributed by atoms with Crippen LogP contribution in [0.5, 0.6) is 0 Å². The molecule has 17 heavy (non-hydrogen) atoms. The molecule has 2 aromatic rings. The van der Waals surface area contributed by atoms with Gasteiger partial charge in [0.05, 0.1) is 0 Å². The number of thiophene rings is 1. The van der Waals surface area contributed by atoms with Crippen LogP contribution in [-0.4, -0.2) is 9.97 Å². The van der Waals surface area contributed by atoms with Crippen molar-refractivity contribution in [2.75, 3.05) is 0 Å². The van der Waals surface area contributed by atoms with Crippen LogP contribution in [0.1, 0.15) is 18.7 Å². The van der Waals surface area contributed by atoms with Crippen LogP contribution in [-0.2, 0) is 0 Å². The lowest BCUT2D eigenvalue weighted by Gasteiger charge is -2.10. The minimum absolute atomic E-state index is 0.523. The van der Waals surface area contributed by atoms with E-state index >= 15 is 0 Å². The molecule has 3 rings (SSSR count). The molecular formula is C12H10ClN3S. The Morgan fingerprint density at radius 3 is 2.88 bits per heavy atom. The average Bonchev–Trinajstić information content (AvgIpc) is 2.78. The number of halogens is 1. The molecule has 0 amide bonds. The third-order valence-corrected chi connectivity index (χ3v) is 3.84. The molecule has 2 aromatic heterocycles.